The zero-order chi connectivity index (χ0) is 23.3. The number of rotatable bonds is 7. The van der Waals surface area contributed by atoms with Crippen LogP contribution in [0.4, 0.5) is 4.39 Å². The molecule has 3 aromatic carbocycles. The van der Waals surface area contributed by atoms with Gasteiger partial charge in [0.15, 0.2) is 0 Å². The molecular weight excluding hydrogens is 429 g/mol. The molecule has 1 aromatic heterocycles. The Morgan fingerprint density at radius 2 is 1.79 bits per heavy atom. The average molecular weight is 458 g/mol. The minimum atomic E-state index is -0.266. The maximum atomic E-state index is 14.7. The van der Waals surface area contributed by atoms with Gasteiger partial charge in [0.25, 0.3) is 0 Å². The highest BCUT2D eigenvalue weighted by molar-refractivity contribution is 5.67. The first-order valence-electron chi connectivity index (χ1n) is 11.7. The molecule has 1 unspecified atom stereocenters. The van der Waals surface area contributed by atoms with Crippen molar-refractivity contribution in [3.63, 3.8) is 0 Å². The maximum Gasteiger partial charge on any atom is 0.132 e. The molecule has 34 heavy (non-hydrogen) atoms. The smallest absolute Gasteiger partial charge is 0.132 e. The van der Waals surface area contributed by atoms with Crippen molar-refractivity contribution in [1.82, 2.24) is 15.1 Å². The van der Waals surface area contributed by atoms with Gasteiger partial charge in [-0.2, -0.15) is 5.10 Å². The first-order chi connectivity index (χ1) is 16.7. The van der Waals surface area contributed by atoms with Gasteiger partial charge >= 0.3 is 0 Å². The van der Waals surface area contributed by atoms with E-state index in [0.717, 1.165) is 41.1 Å². The Hall–Kier alpha value is -3.48. The normalized spacial score (nSPS) is 15.2. The third kappa shape index (κ3) is 4.60. The van der Waals surface area contributed by atoms with E-state index >= 15 is 0 Å². The summed E-state index contributed by atoms with van der Waals surface area (Å²) in [5.74, 6) is 0.599. The number of ether oxygens (including phenoxy) is 2. The predicted molar refractivity (Wildman–Crippen MR) is 131 cm³/mol. The lowest BCUT2D eigenvalue weighted by Crippen LogP contribution is -2.39. The molecule has 0 bridgehead atoms. The molecule has 1 fully saturated rings. The highest BCUT2D eigenvalue weighted by atomic mass is 19.1. The van der Waals surface area contributed by atoms with Crippen molar-refractivity contribution < 1.29 is 13.9 Å². The Labute approximate surface area is 199 Å². The van der Waals surface area contributed by atoms with Crippen molar-refractivity contribution in [3.8, 4) is 28.1 Å². The standard InChI is InChI=1S/C28H28FN3O2/c1-2-34-23-7-5-6-22(18-23)20-10-12-21(13-11-20)28(32-14-16-33-17-15-32)25-19-30-31-27(25)24-8-3-4-9-26(24)29/h3-13,18-19,28H,2,14-17H2,1H3,(H,30,31). The molecular formula is C28H28FN3O2. The van der Waals surface area contributed by atoms with E-state index in [9.17, 15) is 4.39 Å². The predicted octanol–water partition coefficient (Wildman–Crippen LogP) is 5.70. The van der Waals surface area contributed by atoms with Crippen LogP contribution in [0.25, 0.3) is 22.4 Å². The van der Waals surface area contributed by atoms with Crippen LogP contribution in [0.15, 0.2) is 79.0 Å². The van der Waals surface area contributed by atoms with Gasteiger partial charge in [-0.1, -0.05) is 48.5 Å². The summed E-state index contributed by atoms with van der Waals surface area (Å²) in [5, 5.41) is 7.36. The van der Waals surface area contributed by atoms with Crippen molar-refractivity contribution in [2.45, 2.75) is 13.0 Å². The van der Waals surface area contributed by atoms with E-state index in [-0.39, 0.29) is 11.9 Å². The molecule has 6 heteroatoms. The minimum Gasteiger partial charge on any atom is -0.494 e. The number of halogens is 1. The zero-order valence-corrected chi connectivity index (χ0v) is 19.2. The van der Waals surface area contributed by atoms with E-state index in [1.807, 2.05) is 31.3 Å². The fourth-order valence-electron chi connectivity index (χ4n) is 4.60. The first-order valence-corrected chi connectivity index (χ1v) is 11.7. The van der Waals surface area contributed by atoms with Crippen LogP contribution in [0.2, 0.25) is 0 Å². The molecule has 174 valence electrons. The second-order valence-electron chi connectivity index (χ2n) is 8.31. The van der Waals surface area contributed by atoms with E-state index in [1.54, 1.807) is 12.1 Å². The number of benzene rings is 3. The SMILES string of the molecule is CCOc1cccc(-c2ccc(C(c3cn[nH]c3-c3ccccc3F)N3CCOCC3)cc2)c1. The van der Waals surface area contributed by atoms with Crippen molar-refractivity contribution in [2.75, 3.05) is 32.9 Å². The highest BCUT2D eigenvalue weighted by Gasteiger charge is 2.28. The molecule has 1 aliphatic rings. The van der Waals surface area contributed by atoms with Crippen LogP contribution >= 0.6 is 0 Å². The maximum absolute atomic E-state index is 14.7. The first kappa shape index (κ1) is 22.3. The van der Waals surface area contributed by atoms with Crippen LogP contribution in [0.1, 0.15) is 24.1 Å². The monoisotopic (exact) mass is 457 g/mol. The summed E-state index contributed by atoms with van der Waals surface area (Å²) in [6.07, 6.45) is 1.82. The van der Waals surface area contributed by atoms with E-state index < -0.39 is 0 Å². The zero-order valence-electron chi connectivity index (χ0n) is 19.2. The molecule has 0 saturated carbocycles. The van der Waals surface area contributed by atoms with Crippen LogP contribution in [-0.4, -0.2) is 48.0 Å². The number of H-pyrrole nitrogens is 1. The lowest BCUT2D eigenvalue weighted by molar-refractivity contribution is 0.0240. The largest absolute Gasteiger partial charge is 0.494 e. The molecule has 0 amide bonds. The van der Waals surface area contributed by atoms with Crippen LogP contribution < -0.4 is 4.74 Å². The third-order valence-electron chi connectivity index (χ3n) is 6.22. The van der Waals surface area contributed by atoms with Crippen LogP contribution in [0.3, 0.4) is 0 Å². The summed E-state index contributed by atoms with van der Waals surface area (Å²) in [6, 6.07) is 23.5. The highest BCUT2D eigenvalue weighted by Crippen LogP contribution is 2.37. The van der Waals surface area contributed by atoms with Gasteiger partial charge < -0.3 is 9.47 Å². The summed E-state index contributed by atoms with van der Waals surface area (Å²) >= 11 is 0. The van der Waals surface area contributed by atoms with Gasteiger partial charge in [-0.05, 0) is 47.9 Å². The molecule has 0 spiro atoms. The van der Waals surface area contributed by atoms with Crippen molar-refractivity contribution in [1.29, 1.82) is 0 Å². The molecule has 5 nitrogen and oxygen atoms in total. The number of morpholine rings is 1. The Morgan fingerprint density at radius 3 is 2.56 bits per heavy atom. The number of aromatic amines is 1. The van der Waals surface area contributed by atoms with E-state index in [4.69, 9.17) is 9.47 Å². The molecule has 1 atom stereocenters. The summed E-state index contributed by atoms with van der Waals surface area (Å²) in [5.41, 5.74) is 5.55. The summed E-state index contributed by atoms with van der Waals surface area (Å²) < 4.78 is 25.9. The molecule has 2 heterocycles. The van der Waals surface area contributed by atoms with E-state index in [2.05, 4.69) is 51.5 Å². The fourth-order valence-corrected chi connectivity index (χ4v) is 4.60. The minimum absolute atomic E-state index is 0.0685. The average Bonchev–Trinajstić information content (AvgIpc) is 3.35. The van der Waals surface area contributed by atoms with Crippen LogP contribution in [0, 0.1) is 5.82 Å². The lowest BCUT2D eigenvalue weighted by atomic mass is 9.93. The third-order valence-corrected chi connectivity index (χ3v) is 6.22. The summed E-state index contributed by atoms with van der Waals surface area (Å²) in [4.78, 5) is 2.38. The Morgan fingerprint density at radius 1 is 1.00 bits per heavy atom. The van der Waals surface area contributed by atoms with Gasteiger partial charge in [0.2, 0.25) is 0 Å². The van der Waals surface area contributed by atoms with Crippen molar-refractivity contribution >= 4 is 0 Å². The summed E-state index contributed by atoms with van der Waals surface area (Å²) in [7, 11) is 0. The molecule has 1 N–H and O–H groups in total. The Kier molecular flexibility index (Phi) is 6.70. The number of aromatic nitrogens is 2. The molecule has 1 aliphatic heterocycles. The van der Waals surface area contributed by atoms with Gasteiger partial charge in [-0.15, -0.1) is 0 Å². The second-order valence-corrected chi connectivity index (χ2v) is 8.31. The van der Waals surface area contributed by atoms with Gasteiger partial charge in [-0.3, -0.25) is 10.00 Å². The van der Waals surface area contributed by atoms with Gasteiger partial charge in [0.05, 0.1) is 37.8 Å². The molecule has 5 rings (SSSR count). The summed E-state index contributed by atoms with van der Waals surface area (Å²) in [6.45, 7) is 5.56. The van der Waals surface area contributed by atoms with Gasteiger partial charge in [0, 0.05) is 24.2 Å². The number of nitrogens with zero attached hydrogens (tertiary/aromatic N) is 2. The Balaban J connectivity index is 1.53. The van der Waals surface area contributed by atoms with Crippen LogP contribution in [0.5, 0.6) is 5.75 Å². The van der Waals surface area contributed by atoms with Gasteiger partial charge in [0.1, 0.15) is 11.6 Å². The fraction of sp³-hybridized carbons (Fsp3) is 0.250. The van der Waals surface area contributed by atoms with E-state index in [0.29, 0.717) is 31.1 Å². The number of nitrogens with one attached hydrogen (secondary N) is 1. The lowest BCUT2D eigenvalue weighted by Gasteiger charge is -2.35. The molecule has 0 aliphatic carbocycles. The van der Waals surface area contributed by atoms with Crippen molar-refractivity contribution in [2.24, 2.45) is 0 Å². The number of hydrogen-bond donors (Lipinski definition) is 1. The van der Waals surface area contributed by atoms with Crippen LogP contribution in [-0.2, 0) is 4.74 Å². The Bertz CT molecular complexity index is 1230. The topological polar surface area (TPSA) is 50.4 Å². The number of hydrogen-bond acceptors (Lipinski definition) is 4. The molecule has 1 saturated heterocycles. The quantitative estimate of drug-likeness (QED) is 0.387. The van der Waals surface area contributed by atoms with Gasteiger partial charge in [-0.25, -0.2) is 4.39 Å². The molecule has 4 aromatic rings. The van der Waals surface area contributed by atoms with E-state index in [1.165, 1.54) is 6.07 Å². The second kappa shape index (κ2) is 10.2. The van der Waals surface area contributed by atoms with Crippen molar-refractivity contribution in [3.05, 3.63) is 95.9 Å². The molecule has 0 radical (unpaired) electrons.